The van der Waals surface area contributed by atoms with Crippen molar-refractivity contribution >= 4 is 31.9 Å². The monoisotopic (exact) mass is 332 g/mol. The molecule has 118 valence electrons. The van der Waals surface area contributed by atoms with Gasteiger partial charge in [0.15, 0.2) is 14.8 Å². The highest BCUT2D eigenvalue weighted by atomic mass is 32.2. The number of nitro groups is 1. The van der Waals surface area contributed by atoms with Crippen LogP contribution in [0.25, 0.3) is 0 Å². The van der Waals surface area contributed by atoms with E-state index < -0.39 is 14.8 Å². The van der Waals surface area contributed by atoms with Crippen LogP contribution < -0.4 is 5.32 Å². The Labute approximate surface area is 128 Å². The Hall–Kier alpha value is -1.15. The second kappa shape index (κ2) is 5.92. The van der Waals surface area contributed by atoms with Gasteiger partial charge in [0.05, 0.1) is 4.92 Å². The lowest BCUT2D eigenvalue weighted by molar-refractivity contribution is -0.383. The first-order valence-electron chi connectivity index (χ1n) is 6.95. The summed E-state index contributed by atoms with van der Waals surface area (Å²) in [6, 6.07) is 1.30. The van der Waals surface area contributed by atoms with E-state index in [0.717, 1.165) is 36.5 Å². The molecule has 3 atom stereocenters. The van der Waals surface area contributed by atoms with Crippen molar-refractivity contribution in [2.75, 3.05) is 11.6 Å². The maximum absolute atomic E-state index is 11.6. The maximum atomic E-state index is 11.6. The Morgan fingerprint density at radius 3 is 2.62 bits per heavy atom. The van der Waals surface area contributed by atoms with Crippen LogP contribution in [0, 0.1) is 22.0 Å². The molecule has 1 saturated carbocycles. The average molecular weight is 332 g/mol. The number of hydrogen-bond acceptors (Lipinski definition) is 6. The maximum Gasteiger partial charge on any atom is 0.304 e. The van der Waals surface area contributed by atoms with E-state index in [-0.39, 0.29) is 15.9 Å². The van der Waals surface area contributed by atoms with Crippen LogP contribution in [-0.2, 0) is 9.84 Å². The molecule has 0 saturated heterocycles. The summed E-state index contributed by atoms with van der Waals surface area (Å²) in [4.78, 5) is 10.6. The van der Waals surface area contributed by atoms with Crippen molar-refractivity contribution in [3.8, 4) is 0 Å². The SMILES string of the molecule is CC1CCCC(Nc2sc(S(C)(=O)=O)cc2[N+](=O)[O-])C1C. The smallest absolute Gasteiger partial charge is 0.304 e. The molecule has 0 aromatic carbocycles. The highest BCUT2D eigenvalue weighted by Crippen LogP contribution is 2.40. The second-order valence-electron chi connectivity index (χ2n) is 5.83. The Bertz CT molecular complexity index is 639. The highest BCUT2D eigenvalue weighted by Gasteiger charge is 2.30. The molecule has 2 rings (SSSR count). The minimum atomic E-state index is -3.43. The van der Waals surface area contributed by atoms with E-state index >= 15 is 0 Å². The van der Waals surface area contributed by atoms with Crippen molar-refractivity contribution in [2.45, 2.75) is 43.4 Å². The lowest BCUT2D eigenvalue weighted by Crippen LogP contribution is -2.34. The van der Waals surface area contributed by atoms with E-state index in [4.69, 9.17) is 0 Å². The largest absolute Gasteiger partial charge is 0.368 e. The van der Waals surface area contributed by atoms with Crippen molar-refractivity contribution in [1.82, 2.24) is 0 Å². The summed E-state index contributed by atoms with van der Waals surface area (Å²) in [5.41, 5.74) is -0.147. The molecule has 1 aliphatic rings. The quantitative estimate of drug-likeness (QED) is 0.675. The van der Waals surface area contributed by atoms with Gasteiger partial charge in [-0.1, -0.05) is 38.0 Å². The Kier molecular flexibility index (Phi) is 4.57. The van der Waals surface area contributed by atoms with Crippen LogP contribution in [0.4, 0.5) is 10.7 Å². The number of nitrogens with zero attached hydrogens (tertiary/aromatic N) is 1. The van der Waals surface area contributed by atoms with E-state index in [1.54, 1.807) is 0 Å². The standard InChI is InChI=1S/C13H20N2O4S2/c1-8-5-4-6-10(9(8)2)14-13-11(15(16)17)7-12(20-13)21(3,18)19/h7-10,14H,4-6H2,1-3H3. The number of hydrogen-bond donors (Lipinski definition) is 1. The molecular weight excluding hydrogens is 312 g/mol. The van der Waals surface area contributed by atoms with Gasteiger partial charge in [-0.05, 0) is 18.3 Å². The predicted molar refractivity (Wildman–Crippen MR) is 83.7 cm³/mol. The van der Waals surface area contributed by atoms with Gasteiger partial charge >= 0.3 is 5.69 Å². The molecule has 8 heteroatoms. The number of thiophene rings is 1. The fourth-order valence-electron chi connectivity index (χ4n) is 2.74. The van der Waals surface area contributed by atoms with Gasteiger partial charge in [0.1, 0.15) is 4.21 Å². The van der Waals surface area contributed by atoms with Crippen LogP contribution in [0.15, 0.2) is 10.3 Å². The van der Waals surface area contributed by atoms with Crippen molar-refractivity contribution in [3.63, 3.8) is 0 Å². The van der Waals surface area contributed by atoms with Crippen LogP contribution in [0.3, 0.4) is 0 Å². The van der Waals surface area contributed by atoms with Crippen LogP contribution in [0.2, 0.25) is 0 Å². The van der Waals surface area contributed by atoms with Gasteiger partial charge in [-0.15, -0.1) is 0 Å². The van der Waals surface area contributed by atoms with Gasteiger partial charge in [-0.3, -0.25) is 10.1 Å². The molecule has 3 unspecified atom stereocenters. The zero-order valence-corrected chi connectivity index (χ0v) is 14.0. The molecule has 1 aliphatic carbocycles. The van der Waals surface area contributed by atoms with Gasteiger partial charge in [0.2, 0.25) is 0 Å². The van der Waals surface area contributed by atoms with Gasteiger partial charge in [0, 0.05) is 18.4 Å². The highest BCUT2D eigenvalue weighted by molar-refractivity contribution is 7.92. The van der Waals surface area contributed by atoms with Crippen LogP contribution in [0.5, 0.6) is 0 Å². The molecule has 0 amide bonds. The number of rotatable bonds is 4. The summed E-state index contributed by atoms with van der Waals surface area (Å²) in [5.74, 6) is 0.965. The lowest BCUT2D eigenvalue weighted by atomic mass is 9.78. The summed E-state index contributed by atoms with van der Waals surface area (Å²) < 4.78 is 23.2. The molecule has 6 nitrogen and oxygen atoms in total. The van der Waals surface area contributed by atoms with Gasteiger partial charge in [-0.2, -0.15) is 0 Å². The van der Waals surface area contributed by atoms with E-state index in [1.807, 2.05) is 0 Å². The molecule has 0 radical (unpaired) electrons. The minimum absolute atomic E-state index is 0.0354. The molecule has 1 N–H and O–H groups in total. The third-order valence-corrected chi connectivity index (χ3v) is 7.13. The molecule has 0 aliphatic heterocycles. The van der Waals surface area contributed by atoms with Crippen molar-refractivity contribution < 1.29 is 13.3 Å². The molecule has 1 aromatic rings. The van der Waals surface area contributed by atoms with E-state index in [2.05, 4.69) is 19.2 Å². The summed E-state index contributed by atoms with van der Waals surface area (Å²) in [6.07, 6.45) is 4.27. The average Bonchev–Trinajstić information content (AvgIpc) is 2.79. The Morgan fingerprint density at radius 1 is 1.38 bits per heavy atom. The molecule has 21 heavy (non-hydrogen) atoms. The number of anilines is 1. The molecule has 1 aromatic heterocycles. The molecule has 0 bridgehead atoms. The first-order chi connectivity index (χ1) is 9.70. The lowest BCUT2D eigenvalue weighted by Gasteiger charge is -2.34. The molecule has 1 fully saturated rings. The number of nitrogens with one attached hydrogen (secondary N) is 1. The van der Waals surface area contributed by atoms with Crippen molar-refractivity contribution in [1.29, 1.82) is 0 Å². The number of sulfone groups is 1. The minimum Gasteiger partial charge on any atom is -0.368 e. The fourth-order valence-corrected chi connectivity index (χ4v) is 4.74. The predicted octanol–water partition coefficient (Wildman–Crippen LogP) is 3.30. The molecule has 0 spiro atoms. The third kappa shape index (κ3) is 3.55. The van der Waals surface area contributed by atoms with Gasteiger partial charge < -0.3 is 5.32 Å². The first kappa shape index (κ1) is 16.2. The van der Waals surface area contributed by atoms with E-state index in [9.17, 15) is 18.5 Å². The van der Waals surface area contributed by atoms with Crippen LogP contribution >= 0.6 is 11.3 Å². The van der Waals surface area contributed by atoms with Crippen LogP contribution in [-0.4, -0.2) is 25.6 Å². The van der Waals surface area contributed by atoms with Gasteiger partial charge in [-0.25, -0.2) is 8.42 Å². The summed E-state index contributed by atoms with van der Waals surface area (Å²) in [6.45, 7) is 4.32. The van der Waals surface area contributed by atoms with E-state index in [1.165, 1.54) is 6.42 Å². The Balaban J connectivity index is 2.30. The zero-order chi connectivity index (χ0) is 15.8. The van der Waals surface area contributed by atoms with Crippen molar-refractivity contribution in [2.24, 2.45) is 11.8 Å². The topological polar surface area (TPSA) is 89.3 Å². The second-order valence-corrected chi connectivity index (χ2v) is 9.12. The summed E-state index contributed by atoms with van der Waals surface area (Å²) in [5, 5.41) is 14.7. The molecule has 1 heterocycles. The molecular formula is C13H20N2O4S2. The van der Waals surface area contributed by atoms with Crippen molar-refractivity contribution in [3.05, 3.63) is 16.2 Å². The third-order valence-electron chi connectivity index (χ3n) is 4.28. The zero-order valence-electron chi connectivity index (χ0n) is 12.3. The van der Waals surface area contributed by atoms with Gasteiger partial charge in [0.25, 0.3) is 0 Å². The summed E-state index contributed by atoms with van der Waals surface area (Å²) in [7, 11) is -3.43. The van der Waals surface area contributed by atoms with E-state index in [0.29, 0.717) is 16.8 Å². The summed E-state index contributed by atoms with van der Waals surface area (Å²) >= 11 is 0.951. The fraction of sp³-hybridized carbons (Fsp3) is 0.692. The van der Waals surface area contributed by atoms with Crippen LogP contribution in [0.1, 0.15) is 33.1 Å². The Morgan fingerprint density at radius 2 is 2.05 bits per heavy atom. The normalized spacial score (nSPS) is 26.5. The first-order valence-corrected chi connectivity index (χ1v) is 9.65.